The number of nitrogens with zero attached hydrogens (tertiary/aromatic N) is 2. The Balaban J connectivity index is 2.03. The van der Waals surface area contributed by atoms with Crippen molar-refractivity contribution in [3.8, 4) is 0 Å². The monoisotopic (exact) mass is 245 g/mol. The molecule has 0 aliphatic heterocycles. The quantitative estimate of drug-likeness (QED) is 0.899. The molecule has 0 fully saturated rings. The van der Waals surface area contributed by atoms with Gasteiger partial charge in [0.1, 0.15) is 5.03 Å². The number of nitrogens with two attached hydrogens (primary N) is 1. The van der Waals surface area contributed by atoms with E-state index in [1.165, 1.54) is 5.56 Å². The Morgan fingerprint density at radius 2 is 2.00 bits per heavy atom. The summed E-state index contributed by atoms with van der Waals surface area (Å²) in [6.07, 6.45) is 6.33. The Hall–Kier alpha value is -1.39. The molecule has 1 atom stereocenters. The van der Waals surface area contributed by atoms with Crippen LogP contribution in [0.25, 0.3) is 0 Å². The minimum Gasteiger partial charge on any atom is -0.328 e. The molecule has 2 heterocycles. The Kier molecular flexibility index (Phi) is 4.12. The minimum absolute atomic E-state index is 0.176. The fourth-order valence-corrected chi connectivity index (χ4v) is 2.23. The van der Waals surface area contributed by atoms with E-state index in [-0.39, 0.29) is 6.04 Å². The molecule has 2 aromatic heterocycles. The van der Waals surface area contributed by atoms with Crippen molar-refractivity contribution in [2.75, 3.05) is 0 Å². The van der Waals surface area contributed by atoms with Crippen LogP contribution in [0, 0.1) is 0 Å². The topological polar surface area (TPSA) is 51.8 Å². The summed E-state index contributed by atoms with van der Waals surface area (Å²) >= 11 is 1.63. The van der Waals surface area contributed by atoms with E-state index < -0.39 is 0 Å². The van der Waals surface area contributed by atoms with Crippen LogP contribution in [-0.2, 0) is 6.42 Å². The predicted octanol–water partition coefficient (Wildman–Crippen LogP) is 2.52. The van der Waals surface area contributed by atoms with Gasteiger partial charge in [-0.05, 0) is 37.1 Å². The van der Waals surface area contributed by atoms with E-state index in [4.69, 9.17) is 5.73 Å². The summed E-state index contributed by atoms with van der Waals surface area (Å²) < 4.78 is 0. The van der Waals surface area contributed by atoms with Crippen LogP contribution < -0.4 is 5.73 Å². The van der Waals surface area contributed by atoms with Gasteiger partial charge in [0.05, 0.1) is 0 Å². The van der Waals surface area contributed by atoms with Crippen molar-refractivity contribution in [2.24, 2.45) is 5.73 Å². The van der Waals surface area contributed by atoms with E-state index in [1.807, 2.05) is 31.3 Å². The van der Waals surface area contributed by atoms with Gasteiger partial charge in [-0.25, -0.2) is 4.98 Å². The van der Waals surface area contributed by atoms with Crippen LogP contribution >= 0.6 is 11.8 Å². The third-order valence-corrected chi connectivity index (χ3v) is 3.19. The minimum atomic E-state index is 0.176. The van der Waals surface area contributed by atoms with Crippen molar-refractivity contribution < 1.29 is 0 Å². The maximum Gasteiger partial charge on any atom is 0.101 e. The number of hydrogen-bond donors (Lipinski definition) is 1. The first kappa shape index (κ1) is 12.1. The fraction of sp³-hybridized carbons (Fsp3) is 0.231. The lowest BCUT2D eigenvalue weighted by molar-refractivity contribution is 0.734. The summed E-state index contributed by atoms with van der Waals surface area (Å²) in [6, 6.07) is 8.24. The Bertz CT molecular complexity index is 454. The molecule has 0 amide bonds. The normalized spacial score (nSPS) is 12.4. The molecule has 3 nitrogen and oxygen atoms in total. The molecule has 0 radical (unpaired) electrons. The highest BCUT2D eigenvalue weighted by Crippen LogP contribution is 2.24. The number of pyridine rings is 2. The maximum absolute atomic E-state index is 5.75. The van der Waals surface area contributed by atoms with Gasteiger partial charge in [-0.1, -0.05) is 17.8 Å². The molecular formula is C13H15N3S. The van der Waals surface area contributed by atoms with Gasteiger partial charge in [0.15, 0.2) is 0 Å². The lowest BCUT2D eigenvalue weighted by Gasteiger charge is -2.05. The Morgan fingerprint density at radius 1 is 1.24 bits per heavy atom. The van der Waals surface area contributed by atoms with E-state index in [0.29, 0.717) is 0 Å². The highest BCUT2D eigenvalue weighted by Gasteiger charge is 2.01. The standard InChI is InChI=1S/C13H15N3S/c1-10(14)8-11-2-3-13(16-9-11)17-12-4-6-15-7-5-12/h2-7,9-10H,8,14H2,1H3. The van der Waals surface area contributed by atoms with Gasteiger partial charge in [-0.3, -0.25) is 4.98 Å². The lowest BCUT2D eigenvalue weighted by atomic mass is 10.1. The van der Waals surface area contributed by atoms with Gasteiger partial charge in [0, 0.05) is 29.5 Å². The molecule has 1 unspecified atom stereocenters. The van der Waals surface area contributed by atoms with Crippen LogP contribution in [0.5, 0.6) is 0 Å². The molecule has 0 aromatic carbocycles. The molecule has 0 aliphatic carbocycles. The summed E-state index contributed by atoms with van der Waals surface area (Å²) in [5, 5.41) is 0.990. The summed E-state index contributed by atoms with van der Waals surface area (Å²) in [4.78, 5) is 9.55. The van der Waals surface area contributed by atoms with Crippen LogP contribution in [0.4, 0.5) is 0 Å². The molecular weight excluding hydrogens is 230 g/mol. The van der Waals surface area contributed by atoms with Crippen LogP contribution in [0.2, 0.25) is 0 Å². The van der Waals surface area contributed by atoms with Crippen molar-refractivity contribution in [1.82, 2.24) is 9.97 Å². The highest BCUT2D eigenvalue weighted by molar-refractivity contribution is 7.99. The smallest absolute Gasteiger partial charge is 0.101 e. The average molecular weight is 245 g/mol. The van der Waals surface area contributed by atoms with Gasteiger partial charge in [0.2, 0.25) is 0 Å². The number of aromatic nitrogens is 2. The Labute approximate surface area is 105 Å². The van der Waals surface area contributed by atoms with E-state index in [2.05, 4.69) is 16.0 Å². The maximum atomic E-state index is 5.75. The molecule has 2 N–H and O–H groups in total. The zero-order valence-electron chi connectivity index (χ0n) is 9.71. The average Bonchev–Trinajstić information content (AvgIpc) is 2.32. The van der Waals surface area contributed by atoms with Gasteiger partial charge in [0.25, 0.3) is 0 Å². The summed E-state index contributed by atoms with van der Waals surface area (Å²) in [7, 11) is 0. The first-order valence-electron chi connectivity index (χ1n) is 5.52. The highest BCUT2D eigenvalue weighted by atomic mass is 32.2. The molecule has 0 spiro atoms. The Morgan fingerprint density at radius 3 is 2.59 bits per heavy atom. The van der Waals surface area contributed by atoms with Gasteiger partial charge >= 0.3 is 0 Å². The number of rotatable bonds is 4. The second kappa shape index (κ2) is 5.80. The van der Waals surface area contributed by atoms with Crippen LogP contribution in [0.15, 0.2) is 52.8 Å². The van der Waals surface area contributed by atoms with Crippen molar-refractivity contribution in [3.05, 3.63) is 48.4 Å². The van der Waals surface area contributed by atoms with E-state index >= 15 is 0 Å². The third-order valence-electron chi connectivity index (χ3n) is 2.23. The van der Waals surface area contributed by atoms with Crippen molar-refractivity contribution in [2.45, 2.75) is 29.3 Å². The van der Waals surface area contributed by atoms with Crippen LogP contribution in [-0.4, -0.2) is 16.0 Å². The molecule has 88 valence electrons. The van der Waals surface area contributed by atoms with Crippen molar-refractivity contribution in [1.29, 1.82) is 0 Å². The van der Waals surface area contributed by atoms with Gasteiger partial charge in [-0.2, -0.15) is 0 Å². The van der Waals surface area contributed by atoms with E-state index in [0.717, 1.165) is 16.3 Å². The number of hydrogen-bond acceptors (Lipinski definition) is 4. The summed E-state index contributed by atoms with van der Waals surface area (Å²) in [5.74, 6) is 0. The predicted molar refractivity (Wildman–Crippen MR) is 70.0 cm³/mol. The molecule has 2 aromatic rings. The molecule has 0 bridgehead atoms. The molecule has 0 aliphatic rings. The zero-order chi connectivity index (χ0) is 12.1. The molecule has 17 heavy (non-hydrogen) atoms. The third kappa shape index (κ3) is 3.84. The molecule has 0 saturated carbocycles. The molecule has 0 saturated heterocycles. The SMILES string of the molecule is CC(N)Cc1ccc(Sc2ccncc2)nc1. The van der Waals surface area contributed by atoms with E-state index in [1.54, 1.807) is 24.2 Å². The first-order chi connectivity index (χ1) is 8.24. The van der Waals surface area contributed by atoms with Crippen LogP contribution in [0.1, 0.15) is 12.5 Å². The lowest BCUT2D eigenvalue weighted by Crippen LogP contribution is -2.17. The fourth-order valence-electron chi connectivity index (χ4n) is 1.49. The summed E-state index contributed by atoms with van der Waals surface area (Å²) in [5.41, 5.74) is 6.93. The first-order valence-corrected chi connectivity index (χ1v) is 6.34. The van der Waals surface area contributed by atoms with Crippen molar-refractivity contribution >= 4 is 11.8 Å². The molecule has 2 rings (SSSR count). The second-order valence-corrected chi connectivity index (χ2v) is 5.06. The van der Waals surface area contributed by atoms with Crippen molar-refractivity contribution in [3.63, 3.8) is 0 Å². The largest absolute Gasteiger partial charge is 0.328 e. The summed E-state index contributed by atoms with van der Waals surface area (Å²) in [6.45, 7) is 2.00. The van der Waals surface area contributed by atoms with Gasteiger partial charge < -0.3 is 5.73 Å². The van der Waals surface area contributed by atoms with Crippen LogP contribution in [0.3, 0.4) is 0 Å². The second-order valence-electron chi connectivity index (χ2n) is 3.97. The zero-order valence-corrected chi connectivity index (χ0v) is 10.5. The van der Waals surface area contributed by atoms with E-state index in [9.17, 15) is 0 Å². The van der Waals surface area contributed by atoms with Gasteiger partial charge in [-0.15, -0.1) is 0 Å². The molecule has 4 heteroatoms.